The third-order valence-corrected chi connectivity index (χ3v) is 27.5. The molecule has 0 bridgehead atoms. The highest BCUT2D eigenvalue weighted by atomic mass is 35.5. The van der Waals surface area contributed by atoms with Gasteiger partial charge < -0.3 is 35.1 Å². The smallest absolute Gasteiger partial charge is 0.374 e. The highest BCUT2D eigenvalue weighted by Crippen LogP contribution is 2.47. The van der Waals surface area contributed by atoms with Crippen LogP contribution in [0, 0.1) is 56.3 Å². The molecule has 9 aromatic rings. The molecule has 6 aliphatic rings. The highest BCUT2D eigenvalue weighted by molar-refractivity contribution is 6.36. The number of carboxylic acid groups (broad SMARTS) is 3. The normalized spacial score (nSPS) is 25.5. The van der Waals surface area contributed by atoms with Crippen LogP contribution in [-0.4, -0.2) is 219 Å². The largest absolute Gasteiger partial charge is 0.481 e. The van der Waals surface area contributed by atoms with Gasteiger partial charge in [0.25, 0.3) is 0 Å². The summed E-state index contributed by atoms with van der Waals surface area (Å²) in [5.41, 5.74) is 8.33. The highest BCUT2D eigenvalue weighted by Gasteiger charge is 2.49. The van der Waals surface area contributed by atoms with E-state index in [1.165, 1.54) is 0 Å². The molecule has 16 unspecified atom stereocenters. The van der Waals surface area contributed by atoms with Crippen molar-refractivity contribution in [2.45, 2.75) is 199 Å². The number of aryl methyl sites for hydroxylation is 3. The first-order valence-corrected chi connectivity index (χ1v) is 42.4. The summed E-state index contributed by atoms with van der Waals surface area (Å²) in [7, 11) is 0. The summed E-state index contributed by atoms with van der Waals surface area (Å²) in [4.78, 5) is 81.6. The lowest BCUT2D eigenvalue weighted by Crippen LogP contribution is -2.53. The second-order valence-corrected chi connectivity index (χ2v) is 36.1. The van der Waals surface area contributed by atoms with E-state index < -0.39 is 54.5 Å². The summed E-state index contributed by atoms with van der Waals surface area (Å²) in [6.45, 7) is 22.1. The molecule has 6 aliphatic heterocycles. The van der Waals surface area contributed by atoms with Crippen molar-refractivity contribution in [1.29, 1.82) is 0 Å². The van der Waals surface area contributed by atoms with Crippen molar-refractivity contribution in [3.05, 3.63) is 137 Å². The molecule has 12 heterocycles. The standard InChI is InChI=1S/C82H98Cl6F2N18O7/c1-42(24-73(110)111)66-26-51(41-105(66)65-19-23-102(39-45(65)4)70-34-91-74-46(5)97-106(77(74)94-70)49(8)57-14-11-52(83)29-60(57)86)28-68(59-16-13-54(85)31-62(59)88)108-79-76(48(7)99-108)93-36-72(96-79)101-22-18-64(44(3)38-101)104-40-50(25-56(104)32-69(109)80(112)113)27-67(58-15-12-53(84)30-61(58)87)107-78-75(47(6)98-107)92-35-71(95-78)100-21-17-63(43(2)37-100)103-20-9-10-55(103)33-82(89,90)81(114)115/h11-16,29-31,34-36,42-45,49-51,55-56,63-69,109H,9-10,17-28,32-33,37-41H2,1-8H3,(H,110,111)(H,112,113)(H,114,115). The number of likely N-dealkylation sites (tertiary alicyclic amines) is 3. The van der Waals surface area contributed by atoms with Crippen molar-refractivity contribution in [2.75, 3.05) is 73.6 Å². The maximum absolute atomic E-state index is 14.6. The van der Waals surface area contributed by atoms with Crippen LogP contribution < -0.4 is 14.7 Å². The molecule has 614 valence electrons. The minimum atomic E-state index is -3.81. The number of hydrogen-bond donors (Lipinski definition) is 4. The van der Waals surface area contributed by atoms with Crippen LogP contribution in [0.5, 0.6) is 0 Å². The molecule has 0 aliphatic carbocycles. The molecule has 0 spiro atoms. The van der Waals surface area contributed by atoms with Gasteiger partial charge in [-0.2, -0.15) is 24.1 Å². The summed E-state index contributed by atoms with van der Waals surface area (Å²) >= 11 is 40.8. The number of piperidine rings is 3. The van der Waals surface area contributed by atoms with E-state index in [4.69, 9.17) is 115 Å². The van der Waals surface area contributed by atoms with Crippen molar-refractivity contribution in [1.82, 2.24) is 73.9 Å². The molecule has 0 radical (unpaired) electrons. The molecule has 33 heteroatoms. The summed E-state index contributed by atoms with van der Waals surface area (Å²) in [5, 5.41) is 59.4. The minimum Gasteiger partial charge on any atom is -0.481 e. The van der Waals surface area contributed by atoms with Gasteiger partial charge in [0.05, 0.1) is 53.8 Å². The molecule has 115 heavy (non-hydrogen) atoms. The number of aliphatic hydroxyl groups is 1. The number of carboxylic acids is 3. The van der Waals surface area contributed by atoms with Gasteiger partial charge in [0.2, 0.25) is 0 Å². The molecule has 6 fully saturated rings. The summed E-state index contributed by atoms with van der Waals surface area (Å²) < 4.78 is 35.0. The number of fused-ring (bicyclic) bond motifs is 3. The van der Waals surface area contributed by atoms with E-state index in [0.717, 1.165) is 47.5 Å². The zero-order valence-electron chi connectivity index (χ0n) is 65.6. The molecule has 15 rings (SSSR count). The van der Waals surface area contributed by atoms with Crippen molar-refractivity contribution >= 4 is 138 Å². The van der Waals surface area contributed by atoms with Crippen LogP contribution in [0.1, 0.15) is 164 Å². The van der Waals surface area contributed by atoms with Crippen LogP contribution in [0.2, 0.25) is 30.1 Å². The Morgan fingerprint density at radius 1 is 0.522 bits per heavy atom. The van der Waals surface area contributed by atoms with E-state index in [-0.39, 0.29) is 84.6 Å². The zero-order chi connectivity index (χ0) is 81.5. The minimum absolute atomic E-state index is 0.0159. The average Bonchev–Trinajstić information content (AvgIpc) is 1.64. The van der Waals surface area contributed by atoms with Gasteiger partial charge in [-0.05, 0) is 187 Å². The lowest BCUT2D eigenvalue weighted by atomic mass is 9.87. The molecule has 6 aromatic heterocycles. The number of aliphatic carboxylic acids is 3. The van der Waals surface area contributed by atoms with Crippen LogP contribution in [0.3, 0.4) is 0 Å². The Hall–Kier alpha value is -7.44. The van der Waals surface area contributed by atoms with Gasteiger partial charge >= 0.3 is 23.8 Å². The number of hydrogen-bond acceptors (Lipinski definition) is 19. The number of rotatable bonds is 25. The Morgan fingerprint density at radius 2 is 0.939 bits per heavy atom. The lowest BCUT2D eigenvalue weighted by Gasteiger charge is -2.45. The maximum atomic E-state index is 14.6. The van der Waals surface area contributed by atoms with E-state index in [9.17, 15) is 43.6 Å². The van der Waals surface area contributed by atoms with Gasteiger partial charge in [0.1, 0.15) is 34.0 Å². The molecule has 0 amide bonds. The molecule has 4 N–H and O–H groups in total. The number of halogens is 8. The maximum Gasteiger partial charge on any atom is 0.374 e. The zero-order valence-corrected chi connectivity index (χ0v) is 70.1. The third-order valence-electron chi connectivity index (χ3n) is 25.8. The SMILES string of the molecule is Cc1nn(C(C)c2ccc(Cl)cc2Cl)c2nc(N3CCC(N4CC(CC(c5ccc(Cl)cc5Cl)n5nc(C)c6ncc(N7CCC(N8CC(CC(c9ccc(Cl)cc9Cl)n9nc(C)c%10ncc(N%11CCC(N%12CCCC%12CC(F)(F)C(=O)O)C(C)C%11)nc%109)CC8CC(O)C(=O)O)C(C)C7)nc65)CC4C(C)CC(=O)O)C(C)C3)cnc12. The lowest BCUT2D eigenvalue weighted by molar-refractivity contribution is -0.167. The fraction of sp³-hybridized carbons (Fsp3) is 0.561. The van der Waals surface area contributed by atoms with E-state index in [0.29, 0.717) is 184 Å². The number of nitrogens with zero attached hydrogens (tertiary/aromatic N) is 18. The predicted octanol–water partition coefficient (Wildman–Crippen LogP) is 15.5. The molecule has 16 atom stereocenters. The number of carbonyl (C=O) groups is 3. The summed E-state index contributed by atoms with van der Waals surface area (Å²) in [6, 6.07) is 14.5. The topological polar surface area (TPSA) is 282 Å². The van der Waals surface area contributed by atoms with Crippen LogP contribution in [0.4, 0.5) is 26.2 Å². The fourth-order valence-electron chi connectivity index (χ4n) is 20.3. The Labute approximate surface area is 696 Å². The number of aliphatic hydroxyl groups excluding tert-OH is 1. The van der Waals surface area contributed by atoms with E-state index in [1.807, 2.05) is 84.5 Å². The van der Waals surface area contributed by atoms with Gasteiger partial charge in [-0.3, -0.25) is 19.5 Å². The summed E-state index contributed by atoms with van der Waals surface area (Å²) in [5.74, 6) is -5.91. The van der Waals surface area contributed by atoms with Gasteiger partial charge in [0.15, 0.2) is 23.0 Å². The van der Waals surface area contributed by atoms with Crippen molar-refractivity contribution in [3.8, 4) is 0 Å². The first kappa shape index (κ1) is 82.7. The Bertz CT molecular complexity index is 5140. The third kappa shape index (κ3) is 16.9. The molecular formula is C82H98Cl6F2N18O7. The van der Waals surface area contributed by atoms with Crippen molar-refractivity contribution in [3.63, 3.8) is 0 Å². The molecule has 3 aromatic carbocycles. The monoisotopic (exact) mass is 1690 g/mol. The van der Waals surface area contributed by atoms with E-state index in [1.54, 1.807) is 30.5 Å². The molecule has 6 saturated heterocycles. The first-order chi connectivity index (χ1) is 54.8. The van der Waals surface area contributed by atoms with E-state index >= 15 is 0 Å². The quantitative estimate of drug-likeness (QED) is 0.0414. The van der Waals surface area contributed by atoms with Gasteiger partial charge in [-0.1, -0.05) is 115 Å². The van der Waals surface area contributed by atoms with Gasteiger partial charge in [-0.15, -0.1) is 0 Å². The summed E-state index contributed by atoms with van der Waals surface area (Å²) in [6.07, 6.45) is 8.94. The number of anilines is 3. The molecular weight excluding hydrogens is 1600 g/mol. The van der Waals surface area contributed by atoms with Crippen LogP contribution in [-0.2, 0) is 14.4 Å². The second kappa shape index (κ2) is 33.8. The van der Waals surface area contributed by atoms with Gasteiger partial charge in [-0.25, -0.2) is 53.5 Å². The van der Waals surface area contributed by atoms with Crippen LogP contribution in [0.15, 0.2) is 73.2 Å². The first-order valence-electron chi connectivity index (χ1n) is 40.1. The number of alkyl halides is 2. The predicted molar refractivity (Wildman–Crippen MR) is 442 cm³/mol. The van der Waals surface area contributed by atoms with E-state index in [2.05, 4.69) is 57.1 Å². The van der Waals surface area contributed by atoms with Crippen LogP contribution in [0.25, 0.3) is 33.5 Å². The van der Waals surface area contributed by atoms with Gasteiger partial charge in [0, 0.05) is 132 Å². The molecule has 25 nitrogen and oxygen atoms in total. The molecule has 0 saturated carbocycles. The van der Waals surface area contributed by atoms with Crippen molar-refractivity contribution < 1.29 is 43.6 Å². The second-order valence-electron chi connectivity index (χ2n) is 33.5. The van der Waals surface area contributed by atoms with Crippen molar-refractivity contribution in [2.24, 2.45) is 35.5 Å². The average molecular weight is 1700 g/mol. The Balaban J connectivity index is 0.665. The number of benzene rings is 3. The fourth-order valence-corrected chi connectivity index (χ4v) is 21.9. The van der Waals surface area contributed by atoms with Crippen LogP contribution >= 0.6 is 69.6 Å². The number of aromatic nitrogens is 12. The Kier molecular flexibility index (Phi) is 24.3. The Morgan fingerprint density at radius 3 is 1.37 bits per heavy atom.